The molecule has 0 bridgehead atoms. The zero-order valence-corrected chi connectivity index (χ0v) is 10.2. The summed E-state index contributed by atoms with van der Waals surface area (Å²) in [5.74, 6) is 3.03. The van der Waals surface area contributed by atoms with E-state index in [1.54, 1.807) is 6.07 Å². The Morgan fingerprint density at radius 2 is 2.35 bits per heavy atom. The molecule has 92 valence electrons. The Kier molecular flexibility index (Phi) is 3.73. The van der Waals surface area contributed by atoms with E-state index in [1.165, 1.54) is 24.3 Å². The van der Waals surface area contributed by atoms with Gasteiger partial charge in [-0.15, -0.1) is 0 Å². The lowest BCUT2D eigenvalue weighted by Gasteiger charge is -2.11. The topological polar surface area (TPSA) is 81.2 Å². The number of hydrogen-bond acceptors (Lipinski definition) is 5. The number of non-ortho nitro benzene ring substituents is 1. The molecule has 0 saturated carbocycles. The standard InChI is InChI=1S/C11H15N3O2S/c12-9-3-10(5-11(4-9)14(15)16)13-6-8-1-2-17-7-8/h3-5,8,13H,1-2,6-7,12H2. The number of nitrogens with two attached hydrogens (primary N) is 1. The van der Waals surface area contributed by atoms with Crippen LogP contribution in [-0.4, -0.2) is 23.0 Å². The number of benzene rings is 1. The van der Waals surface area contributed by atoms with Crippen LogP contribution < -0.4 is 11.1 Å². The number of anilines is 2. The number of nitro benzene ring substituents is 1. The SMILES string of the molecule is Nc1cc(NCC2CCSC2)cc([N+](=O)[O-])c1. The van der Waals surface area contributed by atoms with Crippen LogP contribution in [0.15, 0.2) is 18.2 Å². The van der Waals surface area contributed by atoms with E-state index in [-0.39, 0.29) is 5.69 Å². The van der Waals surface area contributed by atoms with Crippen molar-refractivity contribution in [1.29, 1.82) is 0 Å². The molecular weight excluding hydrogens is 238 g/mol. The van der Waals surface area contributed by atoms with Crippen LogP contribution in [0.2, 0.25) is 0 Å². The summed E-state index contributed by atoms with van der Waals surface area (Å²) in [4.78, 5) is 10.3. The molecule has 5 nitrogen and oxygen atoms in total. The molecule has 3 N–H and O–H groups in total. The van der Waals surface area contributed by atoms with Crippen LogP contribution in [0.3, 0.4) is 0 Å². The van der Waals surface area contributed by atoms with Crippen LogP contribution in [0.1, 0.15) is 6.42 Å². The van der Waals surface area contributed by atoms with Gasteiger partial charge in [-0.1, -0.05) is 0 Å². The van der Waals surface area contributed by atoms with Crippen molar-refractivity contribution in [2.24, 2.45) is 5.92 Å². The van der Waals surface area contributed by atoms with Crippen LogP contribution >= 0.6 is 11.8 Å². The third-order valence-corrected chi connectivity index (χ3v) is 4.00. The zero-order valence-electron chi connectivity index (χ0n) is 9.39. The fourth-order valence-corrected chi connectivity index (χ4v) is 3.13. The first kappa shape index (κ1) is 12.0. The number of nitrogens with one attached hydrogen (secondary N) is 1. The maximum Gasteiger partial charge on any atom is 0.273 e. The lowest BCUT2D eigenvalue weighted by molar-refractivity contribution is -0.384. The second-order valence-corrected chi connectivity index (χ2v) is 5.33. The highest BCUT2D eigenvalue weighted by molar-refractivity contribution is 7.99. The van der Waals surface area contributed by atoms with Gasteiger partial charge in [0.05, 0.1) is 4.92 Å². The first-order valence-corrected chi connectivity index (χ1v) is 6.67. The quantitative estimate of drug-likeness (QED) is 0.489. The minimum atomic E-state index is -0.424. The minimum Gasteiger partial charge on any atom is -0.398 e. The lowest BCUT2D eigenvalue weighted by atomic mass is 10.1. The first-order chi connectivity index (χ1) is 8.15. The van der Waals surface area contributed by atoms with Crippen molar-refractivity contribution in [3.8, 4) is 0 Å². The lowest BCUT2D eigenvalue weighted by Crippen LogP contribution is -2.13. The predicted octanol–water partition coefficient (Wildman–Crippen LogP) is 2.34. The number of hydrogen-bond donors (Lipinski definition) is 2. The highest BCUT2D eigenvalue weighted by atomic mass is 32.2. The molecule has 1 aliphatic rings. The molecule has 1 atom stereocenters. The maximum absolute atomic E-state index is 10.7. The van der Waals surface area contributed by atoms with E-state index in [0.717, 1.165) is 18.0 Å². The van der Waals surface area contributed by atoms with Crippen molar-refractivity contribution in [3.63, 3.8) is 0 Å². The molecule has 1 aliphatic heterocycles. The number of nitro groups is 1. The van der Waals surface area contributed by atoms with Gasteiger partial charge >= 0.3 is 0 Å². The molecule has 0 aliphatic carbocycles. The summed E-state index contributed by atoms with van der Waals surface area (Å²) < 4.78 is 0. The molecule has 1 heterocycles. The maximum atomic E-state index is 10.7. The molecule has 0 aromatic heterocycles. The highest BCUT2D eigenvalue weighted by Gasteiger charge is 2.15. The molecule has 0 spiro atoms. The van der Waals surface area contributed by atoms with Crippen LogP contribution in [0.5, 0.6) is 0 Å². The van der Waals surface area contributed by atoms with Crippen molar-refractivity contribution in [1.82, 2.24) is 0 Å². The molecule has 0 radical (unpaired) electrons. The molecule has 6 heteroatoms. The summed E-state index contributed by atoms with van der Waals surface area (Å²) in [6.07, 6.45) is 1.21. The van der Waals surface area contributed by atoms with Gasteiger partial charge in [0, 0.05) is 30.1 Å². The predicted molar refractivity (Wildman–Crippen MR) is 71.4 cm³/mol. The summed E-state index contributed by atoms with van der Waals surface area (Å²) in [5.41, 5.74) is 6.82. The fourth-order valence-electron chi connectivity index (χ4n) is 1.85. The fraction of sp³-hybridized carbons (Fsp3) is 0.455. The zero-order chi connectivity index (χ0) is 12.3. The van der Waals surface area contributed by atoms with E-state index in [1.807, 2.05) is 11.8 Å². The van der Waals surface area contributed by atoms with E-state index < -0.39 is 4.92 Å². The van der Waals surface area contributed by atoms with Gasteiger partial charge < -0.3 is 11.1 Å². The Morgan fingerprint density at radius 1 is 1.53 bits per heavy atom. The van der Waals surface area contributed by atoms with Crippen LogP contribution in [0, 0.1) is 16.0 Å². The number of nitrogen functional groups attached to an aromatic ring is 1. The van der Waals surface area contributed by atoms with Gasteiger partial charge in [0.25, 0.3) is 5.69 Å². The normalized spacial score (nSPS) is 19.2. The van der Waals surface area contributed by atoms with Crippen LogP contribution in [0.4, 0.5) is 17.1 Å². The van der Waals surface area contributed by atoms with Crippen molar-refractivity contribution in [2.75, 3.05) is 29.1 Å². The van der Waals surface area contributed by atoms with Crippen LogP contribution in [-0.2, 0) is 0 Å². The summed E-state index contributed by atoms with van der Waals surface area (Å²) in [6, 6.07) is 4.63. The van der Waals surface area contributed by atoms with Gasteiger partial charge in [-0.05, 0) is 29.9 Å². The van der Waals surface area contributed by atoms with Gasteiger partial charge in [-0.3, -0.25) is 10.1 Å². The van der Waals surface area contributed by atoms with E-state index in [2.05, 4.69) is 5.32 Å². The smallest absolute Gasteiger partial charge is 0.273 e. The van der Waals surface area contributed by atoms with E-state index in [0.29, 0.717) is 11.6 Å². The summed E-state index contributed by atoms with van der Waals surface area (Å²) in [6.45, 7) is 0.855. The van der Waals surface area contributed by atoms with Crippen molar-refractivity contribution in [3.05, 3.63) is 28.3 Å². The summed E-state index contributed by atoms with van der Waals surface area (Å²) in [5, 5.41) is 13.9. The van der Waals surface area contributed by atoms with Gasteiger partial charge in [0.2, 0.25) is 0 Å². The van der Waals surface area contributed by atoms with Crippen molar-refractivity contribution in [2.45, 2.75) is 6.42 Å². The Labute approximate surface area is 104 Å². The summed E-state index contributed by atoms with van der Waals surface area (Å²) in [7, 11) is 0. The monoisotopic (exact) mass is 253 g/mol. The van der Waals surface area contributed by atoms with Gasteiger partial charge in [-0.2, -0.15) is 11.8 Å². The number of nitrogens with zero attached hydrogens (tertiary/aromatic N) is 1. The average molecular weight is 253 g/mol. The molecular formula is C11H15N3O2S. The highest BCUT2D eigenvalue weighted by Crippen LogP contribution is 2.26. The van der Waals surface area contributed by atoms with Crippen molar-refractivity contribution >= 4 is 28.8 Å². The van der Waals surface area contributed by atoms with Gasteiger partial charge in [0.15, 0.2) is 0 Å². The number of rotatable bonds is 4. The van der Waals surface area contributed by atoms with Gasteiger partial charge in [-0.25, -0.2) is 0 Å². The molecule has 17 heavy (non-hydrogen) atoms. The Morgan fingerprint density at radius 3 is 3.00 bits per heavy atom. The second kappa shape index (κ2) is 5.27. The molecule has 1 saturated heterocycles. The Bertz CT molecular complexity index is 419. The van der Waals surface area contributed by atoms with Gasteiger partial charge in [0.1, 0.15) is 0 Å². The molecule has 1 aromatic carbocycles. The van der Waals surface area contributed by atoms with Crippen LogP contribution in [0.25, 0.3) is 0 Å². The molecule has 1 unspecified atom stereocenters. The summed E-state index contributed by atoms with van der Waals surface area (Å²) >= 11 is 1.96. The van der Waals surface area contributed by atoms with E-state index in [4.69, 9.17) is 5.73 Å². The third-order valence-electron chi connectivity index (χ3n) is 2.77. The molecule has 1 aromatic rings. The number of thioether (sulfide) groups is 1. The Balaban J connectivity index is 2.01. The molecule has 2 rings (SSSR count). The van der Waals surface area contributed by atoms with E-state index in [9.17, 15) is 10.1 Å². The third kappa shape index (κ3) is 3.26. The average Bonchev–Trinajstić information content (AvgIpc) is 2.78. The minimum absolute atomic E-state index is 0.0355. The second-order valence-electron chi connectivity index (χ2n) is 4.18. The first-order valence-electron chi connectivity index (χ1n) is 5.52. The largest absolute Gasteiger partial charge is 0.398 e. The molecule has 0 amide bonds. The Hall–Kier alpha value is -1.43. The van der Waals surface area contributed by atoms with Crippen molar-refractivity contribution < 1.29 is 4.92 Å². The molecule has 1 fully saturated rings. The van der Waals surface area contributed by atoms with E-state index >= 15 is 0 Å².